The number of likely N-dealkylation sites (N-methyl/N-ethyl adjacent to an activating group) is 1. The van der Waals surface area contributed by atoms with Gasteiger partial charge in [-0.25, -0.2) is 0 Å². The van der Waals surface area contributed by atoms with Crippen LogP contribution in [0.5, 0.6) is 11.5 Å². The van der Waals surface area contributed by atoms with Crippen molar-refractivity contribution in [3.05, 3.63) is 66.2 Å². The first kappa shape index (κ1) is 15.1. The molecule has 0 amide bonds. The predicted octanol–water partition coefficient (Wildman–Crippen LogP) is 3.72. The highest BCUT2D eigenvalue weighted by molar-refractivity contribution is 5.63. The fourth-order valence-electron chi connectivity index (χ4n) is 1.94. The van der Waals surface area contributed by atoms with Crippen LogP contribution in [0, 0.1) is 0 Å². The molecule has 0 unspecified atom stereocenters. The van der Waals surface area contributed by atoms with Crippen molar-refractivity contribution in [2.75, 3.05) is 20.2 Å². The Bertz CT molecular complexity index is 579. The lowest BCUT2D eigenvalue weighted by Crippen LogP contribution is -2.07. The lowest BCUT2D eigenvalue weighted by molar-refractivity contribution is 0.324. The second kappa shape index (κ2) is 8.12. The molecule has 21 heavy (non-hydrogen) atoms. The van der Waals surface area contributed by atoms with E-state index in [-0.39, 0.29) is 0 Å². The molecular weight excluding hydrogens is 262 g/mol. The number of ether oxygens (including phenoxy) is 2. The van der Waals surface area contributed by atoms with Crippen LogP contribution < -0.4 is 14.8 Å². The zero-order chi connectivity index (χ0) is 14.9. The van der Waals surface area contributed by atoms with Crippen LogP contribution in [0.1, 0.15) is 12.5 Å². The van der Waals surface area contributed by atoms with E-state index in [1.54, 1.807) is 0 Å². The summed E-state index contributed by atoms with van der Waals surface area (Å²) in [6.45, 7) is 3.31. The Morgan fingerprint density at radius 3 is 2.33 bits per heavy atom. The minimum absolute atomic E-state index is 0.612. The highest BCUT2D eigenvalue weighted by Gasteiger charge is 2.08. The maximum absolute atomic E-state index is 6.08. The molecule has 0 radical (unpaired) electrons. The molecule has 0 aliphatic carbocycles. The Labute approximate surface area is 126 Å². The fourth-order valence-corrected chi connectivity index (χ4v) is 1.94. The quantitative estimate of drug-likeness (QED) is 0.785. The van der Waals surface area contributed by atoms with Gasteiger partial charge in [0.2, 0.25) is 0 Å². The van der Waals surface area contributed by atoms with Gasteiger partial charge >= 0.3 is 0 Å². The summed E-state index contributed by atoms with van der Waals surface area (Å²) in [4.78, 5) is 0. The van der Waals surface area contributed by atoms with Gasteiger partial charge in [0.05, 0.1) is 6.61 Å². The van der Waals surface area contributed by atoms with Gasteiger partial charge in [-0.15, -0.1) is 0 Å². The van der Waals surface area contributed by atoms with Crippen LogP contribution in [-0.2, 0) is 0 Å². The SMILES string of the molecule is CCOc1ccccc1O/C(=C/CNC)c1ccccc1. The molecule has 2 aromatic carbocycles. The maximum Gasteiger partial charge on any atom is 0.169 e. The Morgan fingerprint density at radius 2 is 1.67 bits per heavy atom. The minimum atomic E-state index is 0.612. The molecule has 0 spiro atoms. The van der Waals surface area contributed by atoms with Crippen LogP contribution >= 0.6 is 0 Å². The molecular formula is C18H21NO2. The molecule has 0 fully saturated rings. The third-order valence-electron chi connectivity index (χ3n) is 2.92. The van der Waals surface area contributed by atoms with Crippen LogP contribution in [0.25, 0.3) is 5.76 Å². The molecule has 0 bridgehead atoms. The predicted molar refractivity (Wildman–Crippen MR) is 86.6 cm³/mol. The van der Waals surface area contributed by atoms with Gasteiger partial charge in [-0.3, -0.25) is 0 Å². The smallest absolute Gasteiger partial charge is 0.169 e. The molecule has 0 aromatic heterocycles. The number of rotatable bonds is 7. The van der Waals surface area contributed by atoms with Gasteiger partial charge in [-0.05, 0) is 32.2 Å². The molecule has 3 nitrogen and oxygen atoms in total. The zero-order valence-corrected chi connectivity index (χ0v) is 12.5. The van der Waals surface area contributed by atoms with E-state index in [2.05, 4.69) is 5.32 Å². The van der Waals surface area contributed by atoms with Gasteiger partial charge in [0, 0.05) is 12.1 Å². The Hall–Kier alpha value is -2.26. The normalized spacial score (nSPS) is 11.2. The van der Waals surface area contributed by atoms with Crippen molar-refractivity contribution in [3.8, 4) is 11.5 Å². The first-order valence-corrected chi connectivity index (χ1v) is 7.15. The van der Waals surface area contributed by atoms with Crippen LogP contribution in [0.15, 0.2) is 60.7 Å². The number of benzene rings is 2. The summed E-state index contributed by atoms with van der Waals surface area (Å²) in [6.07, 6.45) is 2.03. The van der Waals surface area contributed by atoms with Crippen molar-refractivity contribution in [2.24, 2.45) is 0 Å². The van der Waals surface area contributed by atoms with Crippen molar-refractivity contribution < 1.29 is 9.47 Å². The van der Waals surface area contributed by atoms with Crippen molar-refractivity contribution in [3.63, 3.8) is 0 Å². The summed E-state index contributed by atoms with van der Waals surface area (Å²) in [5, 5.41) is 3.11. The third kappa shape index (κ3) is 4.36. The van der Waals surface area contributed by atoms with Gasteiger partial charge in [0.15, 0.2) is 11.5 Å². The standard InChI is InChI=1S/C18H21NO2/c1-3-20-17-11-7-8-12-18(17)21-16(13-14-19-2)15-9-5-4-6-10-15/h4-13,19H,3,14H2,1-2H3/b16-13+. The van der Waals surface area contributed by atoms with E-state index in [9.17, 15) is 0 Å². The monoisotopic (exact) mass is 283 g/mol. The van der Waals surface area contributed by atoms with E-state index in [1.165, 1.54) is 0 Å². The van der Waals surface area contributed by atoms with E-state index in [1.807, 2.05) is 74.6 Å². The molecule has 0 saturated carbocycles. The molecule has 0 aliphatic rings. The summed E-state index contributed by atoms with van der Waals surface area (Å²) in [7, 11) is 1.91. The van der Waals surface area contributed by atoms with Gasteiger partial charge in [0.25, 0.3) is 0 Å². The van der Waals surface area contributed by atoms with E-state index in [4.69, 9.17) is 9.47 Å². The minimum Gasteiger partial charge on any atom is -0.490 e. The highest BCUT2D eigenvalue weighted by Crippen LogP contribution is 2.30. The van der Waals surface area contributed by atoms with E-state index in [0.29, 0.717) is 6.61 Å². The molecule has 2 aromatic rings. The van der Waals surface area contributed by atoms with Crippen molar-refractivity contribution in [2.45, 2.75) is 6.92 Å². The number of hydrogen-bond donors (Lipinski definition) is 1. The zero-order valence-electron chi connectivity index (χ0n) is 12.5. The number of para-hydroxylation sites is 2. The molecule has 110 valence electrons. The van der Waals surface area contributed by atoms with Crippen LogP contribution in [0.3, 0.4) is 0 Å². The first-order valence-electron chi connectivity index (χ1n) is 7.15. The second-order valence-corrected chi connectivity index (χ2v) is 4.47. The lowest BCUT2D eigenvalue weighted by Gasteiger charge is -2.14. The van der Waals surface area contributed by atoms with Crippen LogP contribution in [0.4, 0.5) is 0 Å². The van der Waals surface area contributed by atoms with Gasteiger partial charge in [0.1, 0.15) is 5.76 Å². The second-order valence-electron chi connectivity index (χ2n) is 4.47. The Balaban J connectivity index is 2.28. The summed E-state index contributed by atoms with van der Waals surface area (Å²) >= 11 is 0. The molecule has 0 saturated heterocycles. The van der Waals surface area contributed by atoms with Crippen molar-refractivity contribution in [1.82, 2.24) is 5.32 Å². The maximum atomic E-state index is 6.08. The van der Waals surface area contributed by atoms with Gasteiger partial charge < -0.3 is 14.8 Å². The molecule has 0 aliphatic heterocycles. The number of hydrogen-bond acceptors (Lipinski definition) is 3. The van der Waals surface area contributed by atoms with Crippen LogP contribution in [0.2, 0.25) is 0 Å². The largest absolute Gasteiger partial charge is 0.490 e. The fraction of sp³-hybridized carbons (Fsp3) is 0.222. The first-order chi connectivity index (χ1) is 10.3. The highest BCUT2D eigenvalue weighted by atomic mass is 16.5. The molecule has 3 heteroatoms. The van der Waals surface area contributed by atoms with Crippen molar-refractivity contribution >= 4 is 5.76 Å². The van der Waals surface area contributed by atoms with Crippen LogP contribution in [-0.4, -0.2) is 20.2 Å². The van der Waals surface area contributed by atoms with Crippen molar-refractivity contribution in [1.29, 1.82) is 0 Å². The molecule has 2 rings (SSSR count). The summed E-state index contributed by atoms with van der Waals surface area (Å²) < 4.78 is 11.7. The topological polar surface area (TPSA) is 30.5 Å². The third-order valence-corrected chi connectivity index (χ3v) is 2.92. The Kier molecular flexibility index (Phi) is 5.85. The lowest BCUT2D eigenvalue weighted by atomic mass is 10.2. The Morgan fingerprint density at radius 1 is 1.00 bits per heavy atom. The van der Waals surface area contributed by atoms with Gasteiger partial charge in [-0.1, -0.05) is 42.5 Å². The molecule has 1 N–H and O–H groups in total. The summed E-state index contributed by atoms with van der Waals surface area (Å²) in [6, 6.07) is 17.8. The average molecular weight is 283 g/mol. The number of nitrogens with one attached hydrogen (secondary N) is 1. The van der Waals surface area contributed by atoms with E-state index in [0.717, 1.165) is 29.4 Å². The molecule has 0 heterocycles. The average Bonchev–Trinajstić information content (AvgIpc) is 2.54. The van der Waals surface area contributed by atoms with E-state index >= 15 is 0 Å². The molecule has 0 atom stereocenters. The summed E-state index contributed by atoms with van der Waals surface area (Å²) in [5.74, 6) is 2.30. The van der Waals surface area contributed by atoms with Gasteiger partial charge in [-0.2, -0.15) is 0 Å². The summed E-state index contributed by atoms with van der Waals surface area (Å²) in [5.41, 5.74) is 1.04. The van der Waals surface area contributed by atoms with E-state index < -0.39 is 0 Å².